The highest BCUT2D eigenvalue weighted by molar-refractivity contribution is 7.21. The third-order valence-electron chi connectivity index (χ3n) is 2.76. The topological polar surface area (TPSA) is 66.4 Å². The number of benzene rings is 1. The largest absolute Gasteiger partial charge is 0.480 e. The van der Waals surface area contributed by atoms with Crippen LogP contribution in [-0.2, 0) is 4.79 Å². The highest BCUT2D eigenvalue weighted by Crippen LogP contribution is 2.35. The lowest BCUT2D eigenvalue weighted by molar-refractivity contribution is -0.143. The summed E-state index contributed by atoms with van der Waals surface area (Å²) in [7, 11) is 0. The second kappa shape index (κ2) is 5.03. The fraction of sp³-hybridized carbons (Fsp3) is 0.231. The Bertz CT molecular complexity index is 711. The molecule has 1 amide bonds. The summed E-state index contributed by atoms with van der Waals surface area (Å²) in [6.45, 7) is 2.74. The molecular formula is C13H11ClFNO3S. The molecule has 0 fully saturated rings. The van der Waals surface area contributed by atoms with E-state index in [1.165, 1.54) is 32.0 Å². The normalized spacial score (nSPS) is 11.6. The Morgan fingerprint density at radius 2 is 2.05 bits per heavy atom. The number of thiophene rings is 1. The first-order valence-corrected chi connectivity index (χ1v) is 6.85. The van der Waals surface area contributed by atoms with Gasteiger partial charge in [0.25, 0.3) is 5.91 Å². The highest BCUT2D eigenvalue weighted by atomic mass is 35.5. The first-order valence-electron chi connectivity index (χ1n) is 5.66. The lowest BCUT2D eigenvalue weighted by atomic mass is 10.1. The van der Waals surface area contributed by atoms with Crippen LogP contribution in [0, 0.1) is 5.82 Å². The van der Waals surface area contributed by atoms with E-state index in [1.54, 1.807) is 0 Å². The molecule has 0 saturated heterocycles. The summed E-state index contributed by atoms with van der Waals surface area (Å²) in [5.41, 5.74) is -1.41. The van der Waals surface area contributed by atoms with Crippen LogP contribution in [0.2, 0.25) is 5.02 Å². The van der Waals surface area contributed by atoms with Crippen LogP contribution in [0.25, 0.3) is 10.1 Å². The molecule has 0 atom stereocenters. The van der Waals surface area contributed by atoms with Crippen molar-refractivity contribution < 1.29 is 19.1 Å². The van der Waals surface area contributed by atoms with E-state index >= 15 is 0 Å². The van der Waals surface area contributed by atoms with E-state index in [1.807, 2.05) is 0 Å². The number of halogens is 2. The molecule has 0 saturated carbocycles. The molecule has 0 aliphatic rings. The molecule has 0 bridgehead atoms. The minimum absolute atomic E-state index is 0.168. The van der Waals surface area contributed by atoms with E-state index in [0.717, 1.165) is 11.3 Å². The fourth-order valence-electron chi connectivity index (χ4n) is 1.58. The zero-order valence-corrected chi connectivity index (χ0v) is 12.2. The summed E-state index contributed by atoms with van der Waals surface area (Å²) in [5, 5.41) is 12.1. The summed E-state index contributed by atoms with van der Waals surface area (Å²) in [6.07, 6.45) is 0. The second-order valence-electron chi connectivity index (χ2n) is 4.77. The second-order valence-corrected chi connectivity index (χ2v) is 6.20. The summed E-state index contributed by atoms with van der Waals surface area (Å²) < 4.78 is 13.7. The van der Waals surface area contributed by atoms with Crippen LogP contribution in [-0.4, -0.2) is 22.5 Å². The maximum absolute atomic E-state index is 13.1. The van der Waals surface area contributed by atoms with Crippen molar-refractivity contribution in [3.63, 3.8) is 0 Å². The van der Waals surface area contributed by atoms with Gasteiger partial charge in [0.2, 0.25) is 0 Å². The number of carbonyl (C=O) groups is 2. The van der Waals surface area contributed by atoms with Crippen molar-refractivity contribution in [1.29, 1.82) is 0 Å². The van der Waals surface area contributed by atoms with Gasteiger partial charge < -0.3 is 10.4 Å². The van der Waals surface area contributed by atoms with Crippen molar-refractivity contribution in [1.82, 2.24) is 5.32 Å². The molecule has 0 radical (unpaired) electrons. The third kappa shape index (κ3) is 2.62. The molecule has 20 heavy (non-hydrogen) atoms. The van der Waals surface area contributed by atoms with Gasteiger partial charge in [0.1, 0.15) is 16.2 Å². The molecule has 2 aromatic rings. The summed E-state index contributed by atoms with van der Waals surface area (Å²) >= 11 is 7.11. The van der Waals surface area contributed by atoms with E-state index in [9.17, 15) is 14.0 Å². The van der Waals surface area contributed by atoms with Gasteiger partial charge >= 0.3 is 5.97 Å². The number of amides is 1. The van der Waals surface area contributed by atoms with Crippen LogP contribution in [0.4, 0.5) is 4.39 Å². The number of hydrogen-bond acceptors (Lipinski definition) is 3. The van der Waals surface area contributed by atoms with Gasteiger partial charge in [-0.15, -0.1) is 11.3 Å². The van der Waals surface area contributed by atoms with E-state index in [4.69, 9.17) is 16.7 Å². The summed E-state index contributed by atoms with van der Waals surface area (Å²) in [4.78, 5) is 23.3. The molecular weight excluding hydrogens is 305 g/mol. The van der Waals surface area contributed by atoms with Crippen LogP contribution < -0.4 is 5.32 Å². The van der Waals surface area contributed by atoms with Gasteiger partial charge in [-0.1, -0.05) is 11.6 Å². The lowest BCUT2D eigenvalue weighted by Crippen LogP contribution is -2.49. The third-order valence-corrected chi connectivity index (χ3v) is 4.41. The van der Waals surface area contributed by atoms with Gasteiger partial charge in [-0.25, -0.2) is 9.18 Å². The maximum atomic E-state index is 13.1. The minimum atomic E-state index is -1.41. The molecule has 2 N–H and O–H groups in total. The molecule has 0 unspecified atom stereocenters. The molecule has 1 aromatic carbocycles. The van der Waals surface area contributed by atoms with E-state index in [2.05, 4.69) is 5.32 Å². The Labute approximate surface area is 123 Å². The van der Waals surface area contributed by atoms with Crippen molar-refractivity contribution >= 4 is 44.9 Å². The Morgan fingerprint density at radius 1 is 1.40 bits per heavy atom. The first-order chi connectivity index (χ1) is 9.22. The lowest BCUT2D eigenvalue weighted by Gasteiger charge is -2.20. The predicted octanol–water partition coefficient (Wildman–Crippen LogP) is 3.29. The predicted molar refractivity (Wildman–Crippen MR) is 76.0 cm³/mol. The van der Waals surface area contributed by atoms with Crippen LogP contribution in [0.5, 0.6) is 0 Å². The van der Waals surface area contributed by atoms with Crippen molar-refractivity contribution in [2.45, 2.75) is 19.4 Å². The van der Waals surface area contributed by atoms with Gasteiger partial charge in [-0.05, 0) is 32.0 Å². The van der Waals surface area contributed by atoms with Crippen molar-refractivity contribution in [2.75, 3.05) is 0 Å². The van der Waals surface area contributed by atoms with Crippen LogP contribution in [0.15, 0.2) is 18.2 Å². The highest BCUT2D eigenvalue weighted by Gasteiger charge is 2.31. The molecule has 1 heterocycles. The number of rotatable bonds is 3. The van der Waals surface area contributed by atoms with Crippen molar-refractivity contribution in [3.8, 4) is 0 Å². The van der Waals surface area contributed by atoms with Crippen LogP contribution in [0.1, 0.15) is 23.5 Å². The van der Waals surface area contributed by atoms with Crippen LogP contribution in [0.3, 0.4) is 0 Å². The Hall–Kier alpha value is -1.66. The van der Waals surface area contributed by atoms with E-state index in [-0.39, 0.29) is 9.90 Å². The van der Waals surface area contributed by atoms with Crippen LogP contribution >= 0.6 is 22.9 Å². The average Bonchev–Trinajstić information content (AvgIpc) is 2.65. The Morgan fingerprint density at radius 3 is 2.65 bits per heavy atom. The number of carboxylic acids is 1. The minimum Gasteiger partial charge on any atom is -0.480 e. The Kier molecular flexibility index (Phi) is 3.71. The molecule has 1 aromatic heterocycles. The Balaban J connectivity index is 2.41. The standard InChI is InChI=1S/C13H11ClFNO3S/c1-13(2,12(18)19)16-11(17)10-9(14)7-4-3-6(15)5-8(7)20-10/h3-5H,1-2H3,(H,16,17)(H,18,19). The zero-order chi connectivity index (χ0) is 15.1. The SMILES string of the molecule is CC(C)(NC(=O)c1sc2cc(F)ccc2c1Cl)C(=O)O. The maximum Gasteiger partial charge on any atom is 0.328 e. The van der Waals surface area contributed by atoms with Gasteiger partial charge in [-0.3, -0.25) is 4.79 Å². The fourth-order valence-corrected chi connectivity index (χ4v) is 3.02. The number of fused-ring (bicyclic) bond motifs is 1. The summed E-state index contributed by atoms with van der Waals surface area (Å²) in [5.74, 6) is -2.17. The first kappa shape index (κ1) is 14.7. The number of hydrogen-bond donors (Lipinski definition) is 2. The molecule has 0 aliphatic heterocycles. The molecule has 0 spiro atoms. The smallest absolute Gasteiger partial charge is 0.328 e. The average molecular weight is 316 g/mol. The van der Waals surface area contributed by atoms with Gasteiger partial charge in [0, 0.05) is 10.1 Å². The number of aliphatic carboxylic acids is 1. The monoisotopic (exact) mass is 315 g/mol. The summed E-state index contributed by atoms with van der Waals surface area (Å²) in [6, 6.07) is 4.03. The van der Waals surface area contributed by atoms with E-state index in [0.29, 0.717) is 10.1 Å². The van der Waals surface area contributed by atoms with Gasteiger partial charge in [0.15, 0.2) is 0 Å². The molecule has 7 heteroatoms. The quantitative estimate of drug-likeness (QED) is 0.913. The van der Waals surface area contributed by atoms with E-state index < -0.39 is 23.2 Å². The molecule has 4 nitrogen and oxygen atoms in total. The van der Waals surface area contributed by atoms with Crippen molar-refractivity contribution in [2.24, 2.45) is 0 Å². The molecule has 106 valence electrons. The van der Waals surface area contributed by atoms with Crippen molar-refractivity contribution in [3.05, 3.63) is 33.9 Å². The van der Waals surface area contributed by atoms with Gasteiger partial charge in [0.05, 0.1) is 5.02 Å². The van der Waals surface area contributed by atoms with Gasteiger partial charge in [-0.2, -0.15) is 0 Å². The number of nitrogens with one attached hydrogen (secondary N) is 1. The zero-order valence-electron chi connectivity index (χ0n) is 10.7. The molecule has 0 aliphatic carbocycles. The number of carboxylic acid groups (broad SMARTS) is 1. The molecule has 2 rings (SSSR count). The number of carbonyl (C=O) groups excluding carboxylic acids is 1.